The minimum absolute atomic E-state index is 0.0307. The number of anilines is 1. The zero-order chi connectivity index (χ0) is 26.8. The highest BCUT2D eigenvalue weighted by atomic mass is 19.1. The number of pyridine rings is 1. The van der Waals surface area contributed by atoms with E-state index < -0.39 is 5.82 Å². The fraction of sp³-hybridized carbons (Fsp3) is 0.452. The summed E-state index contributed by atoms with van der Waals surface area (Å²) in [6, 6.07) is 11.0. The van der Waals surface area contributed by atoms with E-state index in [0.29, 0.717) is 35.2 Å². The fourth-order valence-corrected chi connectivity index (χ4v) is 7.53. The first kappa shape index (κ1) is 24.3. The second-order valence-corrected chi connectivity index (χ2v) is 11.9. The molecule has 8 rings (SSSR count). The second-order valence-electron chi connectivity index (χ2n) is 11.9. The zero-order valence-electron chi connectivity index (χ0n) is 22.4. The molecule has 40 heavy (non-hydrogen) atoms. The number of benzene rings is 2. The van der Waals surface area contributed by atoms with Crippen LogP contribution in [0, 0.1) is 17.7 Å². The van der Waals surface area contributed by atoms with Gasteiger partial charge in [-0.15, -0.1) is 0 Å². The lowest BCUT2D eigenvalue weighted by atomic mass is 9.95. The highest BCUT2D eigenvalue weighted by Gasteiger charge is 2.45. The number of ether oxygens (including phenoxy) is 2. The van der Waals surface area contributed by atoms with E-state index >= 15 is 4.39 Å². The molecule has 2 atom stereocenters. The van der Waals surface area contributed by atoms with Gasteiger partial charge in [-0.1, -0.05) is 24.3 Å². The number of aromatic hydroxyl groups is 1. The Morgan fingerprint density at radius 1 is 1.02 bits per heavy atom. The molecule has 0 bridgehead atoms. The number of phenolic OH excluding ortho intramolecular Hbond substituents is 1. The van der Waals surface area contributed by atoms with Crippen LogP contribution in [0.15, 0.2) is 42.6 Å². The maximum Gasteiger partial charge on any atom is 0.319 e. The smallest absolute Gasteiger partial charge is 0.319 e. The summed E-state index contributed by atoms with van der Waals surface area (Å²) in [6.45, 7) is 5.80. The largest absolute Gasteiger partial charge is 0.508 e. The minimum atomic E-state index is -0.536. The molecular weight excluding hydrogens is 509 g/mol. The van der Waals surface area contributed by atoms with Crippen LogP contribution in [0.2, 0.25) is 0 Å². The molecule has 4 aromatic rings. The van der Waals surface area contributed by atoms with Gasteiger partial charge in [-0.3, -0.25) is 9.88 Å². The van der Waals surface area contributed by atoms with Crippen molar-refractivity contribution in [3.05, 3.63) is 48.4 Å². The molecule has 2 aromatic carbocycles. The molecule has 9 heteroatoms. The summed E-state index contributed by atoms with van der Waals surface area (Å²) in [5.41, 5.74) is 0.899. The van der Waals surface area contributed by atoms with Gasteiger partial charge in [0.1, 0.15) is 29.4 Å². The van der Waals surface area contributed by atoms with Crippen molar-refractivity contribution >= 4 is 27.5 Å². The predicted octanol–water partition coefficient (Wildman–Crippen LogP) is 4.78. The van der Waals surface area contributed by atoms with E-state index in [1.165, 1.54) is 12.8 Å². The van der Waals surface area contributed by atoms with E-state index in [1.807, 2.05) is 24.3 Å². The summed E-state index contributed by atoms with van der Waals surface area (Å²) < 4.78 is 28.5. The van der Waals surface area contributed by atoms with Crippen molar-refractivity contribution in [3.8, 4) is 23.0 Å². The average molecular weight is 542 g/mol. The summed E-state index contributed by atoms with van der Waals surface area (Å²) in [5.74, 6) is 1.07. The topological polar surface area (TPSA) is 83.8 Å². The van der Waals surface area contributed by atoms with Crippen molar-refractivity contribution in [1.29, 1.82) is 0 Å². The number of aromatic nitrogens is 3. The summed E-state index contributed by atoms with van der Waals surface area (Å²) in [7, 11) is 0. The zero-order valence-corrected chi connectivity index (χ0v) is 22.4. The van der Waals surface area contributed by atoms with Crippen LogP contribution in [0.25, 0.3) is 32.9 Å². The van der Waals surface area contributed by atoms with Gasteiger partial charge in [-0.2, -0.15) is 9.97 Å². The Morgan fingerprint density at radius 2 is 1.80 bits per heavy atom. The van der Waals surface area contributed by atoms with E-state index in [0.717, 1.165) is 63.0 Å². The maximum absolute atomic E-state index is 16.5. The number of phenols is 1. The minimum Gasteiger partial charge on any atom is -0.508 e. The van der Waals surface area contributed by atoms with Crippen LogP contribution in [0.4, 0.5) is 10.2 Å². The van der Waals surface area contributed by atoms with Crippen molar-refractivity contribution in [3.63, 3.8) is 0 Å². The second kappa shape index (κ2) is 9.24. The van der Waals surface area contributed by atoms with Crippen molar-refractivity contribution in [1.82, 2.24) is 19.9 Å². The molecule has 2 unspecified atom stereocenters. The number of hydrogen-bond acceptors (Lipinski definition) is 8. The molecule has 206 valence electrons. The monoisotopic (exact) mass is 541 g/mol. The summed E-state index contributed by atoms with van der Waals surface area (Å²) in [5, 5.41) is 12.6. The van der Waals surface area contributed by atoms with Crippen LogP contribution < -0.4 is 9.64 Å². The molecule has 0 spiro atoms. The first-order valence-electron chi connectivity index (χ1n) is 14.4. The molecule has 4 aliphatic rings. The Kier molecular flexibility index (Phi) is 5.60. The van der Waals surface area contributed by atoms with Crippen molar-refractivity contribution in [2.24, 2.45) is 11.8 Å². The molecule has 0 radical (unpaired) electrons. The molecule has 0 amide bonds. The third-order valence-corrected chi connectivity index (χ3v) is 9.57. The molecule has 4 aliphatic heterocycles. The Bertz CT molecular complexity index is 1610. The van der Waals surface area contributed by atoms with Crippen LogP contribution in [-0.2, 0) is 4.74 Å². The number of halogens is 1. The predicted molar refractivity (Wildman–Crippen MR) is 150 cm³/mol. The van der Waals surface area contributed by atoms with Gasteiger partial charge in [0.2, 0.25) is 0 Å². The number of rotatable bonds is 5. The molecule has 1 N–H and O–H groups in total. The van der Waals surface area contributed by atoms with Crippen LogP contribution in [0.3, 0.4) is 0 Å². The summed E-state index contributed by atoms with van der Waals surface area (Å²) >= 11 is 0. The molecule has 4 saturated heterocycles. The normalized spacial score (nSPS) is 23.8. The van der Waals surface area contributed by atoms with Gasteiger partial charge in [-0.05, 0) is 61.7 Å². The molecular formula is C31H32FN5O3. The third-order valence-electron chi connectivity index (χ3n) is 9.57. The Morgan fingerprint density at radius 3 is 2.60 bits per heavy atom. The summed E-state index contributed by atoms with van der Waals surface area (Å²) in [4.78, 5) is 18.9. The highest BCUT2D eigenvalue weighted by Crippen LogP contribution is 2.41. The first-order chi connectivity index (χ1) is 19.6. The number of nitrogens with zero attached hydrogens (tertiary/aromatic N) is 5. The van der Waals surface area contributed by atoms with Gasteiger partial charge in [0.15, 0.2) is 5.82 Å². The van der Waals surface area contributed by atoms with Crippen LogP contribution >= 0.6 is 0 Å². The lowest BCUT2D eigenvalue weighted by Gasteiger charge is -2.31. The quantitative estimate of drug-likeness (QED) is 0.387. The summed E-state index contributed by atoms with van der Waals surface area (Å²) in [6.07, 6.45) is 6.23. The van der Waals surface area contributed by atoms with Gasteiger partial charge in [0.05, 0.1) is 24.1 Å². The Balaban J connectivity index is 1.25. The van der Waals surface area contributed by atoms with Crippen LogP contribution in [-0.4, -0.2) is 76.5 Å². The first-order valence-corrected chi connectivity index (χ1v) is 14.4. The van der Waals surface area contributed by atoms with Gasteiger partial charge in [0, 0.05) is 36.7 Å². The number of hydrogen-bond donors (Lipinski definition) is 1. The van der Waals surface area contributed by atoms with Crippen molar-refractivity contribution in [2.45, 2.75) is 31.2 Å². The van der Waals surface area contributed by atoms with E-state index in [1.54, 1.807) is 18.3 Å². The van der Waals surface area contributed by atoms with E-state index in [4.69, 9.17) is 14.5 Å². The Labute approximate surface area is 231 Å². The molecule has 0 aliphatic carbocycles. The lowest BCUT2D eigenvalue weighted by molar-refractivity contribution is 0.108. The Hall–Kier alpha value is -3.56. The SMILES string of the molecule is Oc1cc(-c2ncc3c(N4CC5COCC5C4)nc(OCC45CCCN4CCC5)nc3c2F)c2ccccc2c1. The van der Waals surface area contributed by atoms with Gasteiger partial charge < -0.3 is 19.5 Å². The van der Waals surface area contributed by atoms with E-state index in [-0.39, 0.29) is 28.5 Å². The number of fused-ring (bicyclic) bond motifs is 4. The maximum atomic E-state index is 16.5. The lowest BCUT2D eigenvalue weighted by Crippen LogP contribution is -2.43. The third kappa shape index (κ3) is 3.82. The van der Waals surface area contributed by atoms with E-state index in [9.17, 15) is 5.11 Å². The standard InChI is InChI=1S/C31H32FN5O3/c32-26-27(24-12-22(38)11-19-5-1-2-6-23(19)24)33-13-25-28(26)34-30(40-18-31-7-3-9-37(31)10-4-8-31)35-29(25)36-14-20-16-39-17-21(20)15-36/h1-2,5-6,11-13,20-21,38H,3-4,7-10,14-18H2. The van der Waals surface area contributed by atoms with Crippen molar-refractivity contribution in [2.75, 3.05) is 50.9 Å². The van der Waals surface area contributed by atoms with E-state index in [2.05, 4.69) is 19.8 Å². The van der Waals surface area contributed by atoms with Gasteiger partial charge in [-0.25, -0.2) is 4.39 Å². The molecule has 4 fully saturated rings. The molecule has 2 aromatic heterocycles. The van der Waals surface area contributed by atoms with Crippen molar-refractivity contribution < 1.29 is 19.0 Å². The van der Waals surface area contributed by atoms with Gasteiger partial charge in [0.25, 0.3) is 0 Å². The fourth-order valence-electron chi connectivity index (χ4n) is 7.53. The molecule has 6 heterocycles. The average Bonchev–Trinajstić information content (AvgIpc) is 3.73. The van der Waals surface area contributed by atoms with Gasteiger partial charge >= 0.3 is 6.01 Å². The van der Waals surface area contributed by atoms with Crippen LogP contribution in [0.1, 0.15) is 25.7 Å². The van der Waals surface area contributed by atoms with Crippen LogP contribution in [0.5, 0.6) is 11.8 Å². The molecule has 0 saturated carbocycles. The molecule has 8 nitrogen and oxygen atoms in total. The highest BCUT2D eigenvalue weighted by molar-refractivity contribution is 5.99.